The van der Waals surface area contributed by atoms with Crippen LogP contribution in [0.5, 0.6) is 0 Å². The number of morpholine rings is 1. The Morgan fingerprint density at radius 2 is 1.78 bits per heavy atom. The molecule has 0 saturated carbocycles. The number of amides is 1. The normalized spacial score (nSPS) is 22.5. The Morgan fingerprint density at radius 1 is 1.13 bits per heavy atom. The SMILES string of the molecule is C=CC(=O)N1CC2(C1)CN(c1ncnc(N3CCOCC3)n1)C2. The number of rotatable bonds is 3. The van der Waals surface area contributed by atoms with E-state index in [1.807, 2.05) is 4.90 Å². The Hall–Kier alpha value is -2.22. The van der Waals surface area contributed by atoms with Gasteiger partial charge in [-0.05, 0) is 6.08 Å². The second kappa shape index (κ2) is 5.45. The van der Waals surface area contributed by atoms with Crippen LogP contribution in [0.1, 0.15) is 0 Å². The highest BCUT2D eigenvalue weighted by Gasteiger charge is 2.53. The van der Waals surface area contributed by atoms with Gasteiger partial charge in [-0.2, -0.15) is 4.98 Å². The maximum Gasteiger partial charge on any atom is 0.245 e. The first-order valence-corrected chi connectivity index (χ1v) is 7.87. The van der Waals surface area contributed by atoms with Gasteiger partial charge in [-0.25, -0.2) is 9.97 Å². The predicted octanol–water partition coefficient (Wildman–Crippen LogP) is -0.457. The molecule has 122 valence electrons. The van der Waals surface area contributed by atoms with Crippen LogP contribution in [-0.2, 0) is 9.53 Å². The fraction of sp³-hybridized carbons (Fsp3) is 0.600. The van der Waals surface area contributed by atoms with E-state index in [0.717, 1.165) is 51.2 Å². The number of carbonyl (C=O) groups excluding carboxylic acids is 1. The van der Waals surface area contributed by atoms with Crippen molar-refractivity contribution < 1.29 is 9.53 Å². The number of ether oxygens (including phenoxy) is 1. The van der Waals surface area contributed by atoms with Gasteiger partial charge in [0.15, 0.2) is 0 Å². The largest absolute Gasteiger partial charge is 0.378 e. The van der Waals surface area contributed by atoms with Crippen LogP contribution in [0.25, 0.3) is 0 Å². The molecule has 3 aliphatic heterocycles. The molecule has 1 amide bonds. The van der Waals surface area contributed by atoms with Gasteiger partial charge in [-0.3, -0.25) is 4.79 Å². The van der Waals surface area contributed by atoms with E-state index in [-0.39, 0.29) is 11.3 Å². The van der Waals surface area contributed by atoms with Gasteiger partial charge in [0.2, 0.25) is 17.8 Å². The van der Waals surface area contributed by atoms with E-state index in [1.54, 1.807) is 6.33 Å². The lowest BCUT2D eigenvalue weighted by Gasteiger charge is -2.59. The zero-order valence-corrected chi connectivity index (χ0v) is 13.0. The molecule has 8 nitrogen and oxygen atoms in total. The fourth-order valence-corrected chi connectivity index (χ4v) is 3.50. The first-order valence-electron chi connectivity index (χ1n) is 7.87. The molecule has 0 bridgehead atoms. The molecular weight excluding hydrogens is 296 g/mol. The minimum Gasteiger partial charge on any atom is -0.378 e. The molecule has 3 aliphatic rings. The predicted molar refractivity (Wildman–Crippen MR) is 84.3 cm³/mol. The van der Waals surface area contributed by atoms with Crippen LogP contribution in [0.4, 0.5) is 11.9 Å². The van der Waals surface area contributed by atoms with Gasteiger partial charge >= 0.3 is 0 Å². The smallest absolute Gasteiger partial charge is 0.245 e. The molecule has 1 aromatic heterocycles. The van der Waals surface area contributed by atoms with Gasteiger partial charge in [-0.1, -0.05) is 6.58 Å². The van der Waals surface area contributed by atoms with E-state index in [9.17, 15) is 4.79 Å². The monoisotopic (exact) mass is 316 g/mol. The minimum absolute atomic E-state index is 0.0174. The summed E-state index contributed by atoms with van der Waals surface area (Å²) >= 11 is 0. The maximum atomic E-state index is 11.5. The van der Waals surface area contributed by atoms with E-state index in [2.05, 4.69) is 31.3 Å². The Labute approximate surface area is 134 Å². The molecule has 4 rings (SSSR count). The van der Waals surface area contributed by atoms with Crippen molar-refractivity contribution in [3.05, 3.63) is 19.0 Å². The van der Waals surface area contributed by atoms with E-state index >= 15 is 0 Å². The summed E-state index contributed by atoms with van der Waals surface area (Å²) in [6.45, 7) is 9.95. The van der Waals surface area contributed by atoms with Crippen LogP contribution in [0.2, 0.25) is 0 Å². The molecule has 0 radical (unpaired) electrons. The Morgan fingerprint density at radius 3 is 2.43 bits per heavy atom. The molecule has 3 saturated heterocycles. The highest BCUT2D eigenvalue weighted by Crippen LogP contribution is 2.41. The summed E-state index contributed by atoms with van der Waals surface area (Å²) in [4.78, 5) is 30.8. The Balaban J connectivity index is 1.37. The quantitative estimate of drug-likeness (QED) is 0.699. The number of likely N-dealkylation sites (tertiary alicyclic amines) is 1. The maximum absolute atomic E-state index is 11.5. The summed E-state index contributed by atoms with van der Waals surface area (Å²) in [6, 6.07) is 0. The number of hydrogen-bond donors (Lipinski definition) is 0. The van der Waals surface area contributed by atoms with Crippen molar-refractivity contribution in [1.82, 2.24) is 19.9 Å². The third-order valence-corrected chi connectivity index (χ3v) is 4.71. The van der Waals surface area contributed by atoms with Crippen molar-refractivity contribution in [2.75, 3.05) is 62.3 Å². The van der Waals surface area contributed by atoms with Gasteiger partial charge in [0.1, 0.15) is 6.33 Å². The van der Waals surface area contributed by atoms with E-state index in [1.165, 1.54) is 6.08 Å². The van der Waals surface area contributed by atoms with Crippen LogP contribution in [-0.4, -0.2) is 78.2 Å². The van der Waals surface area contributed by atoms with Crippen LogP contribution in [0.15, 0.2) is 19.0 Å². The molecule has 4 heterocycles. The molecule has 0 aliphatic carbocycles. The van der Waals surface area contributed by atoms with Gasteiger partial charge in [0.25, 0.3) is 0 Å². The Bertz CT molecular complexity index is 616. The highest BCUT2D eigenvalue weighted by atomic mass is 16.5. The van der Waals surface area contributed by atoms with Crippen molar-refractivity contribution in [1.29, 1.82) is 0 Å². The van der Waals surface area contributed by atoms with Gasteiger partial charge in [0, 0.05) is 44.7 Å². The summed E-state index contributed by atoms with van der Waals surface area (Å²) in [5.74, 6) is 1.46. The van der Waals surface area contributed by atoms with Crippen LogP contribution < -0.4 is 9.80 Å². The van der Waals surface area contributed by atoms with E-state index in [0.29, 0.717) is 13.2 Å². The third kappa shape index (κ3) is 2.52. The van der Waals surface area contributed by atoms with Crippen molar-refractivity contribution >= 4 is 17.8 Å². The van der Waals surface area contributed by atoms with E-state index in [4.69, 9.17) is 4.74 Å². The number of anilines is 2. The van der Waals surface area contributed by atoms with Gasteiger partial charge in [-0.15, -0.1) is 0 Å². The van der Waals surface area contributed by atoms with Gasteiger partial charge < -0.3 is 19.4 Å². The number of carbonyl (C=O) groups is 1. The second-order valence-corrected chi connectivity index (χ2v) is 6.44. The number of nitrogens with zero attached hydrogens (tertiary/aromatic N) is 6. The van der Waals surface area contributed by atoms with Crippen molar-refractivity contribution in [3.63, 3.8) is 0 Å². The molecule has 0 N–H and O–H groups in total. The number of aromatic nitrogens is 3. The van der Waals surface area contributed by atoms with Crippen LogP contribution in [0.3, 0.4) is 0 Å². The summed E-state index contributed by atoms with van der Waals surface area (Å²) in [6.07, 6.45) is 2.95. The van der Waals surface area contributed by atoms with Crippen LogP contribution in [0, 0.1) is 5.41 Å². The molecule has 1 aromatic rings. The third-order valence-electron chi connectivity index (χ3n) is 4.71. The molecule has 0 unspecified atom stereocenters. The zero-order chi connectivity index (χ0) is 15.9. The number of hydrogen-bond acceptors (Lipinski definition) is 7. The molecule has 8 heteroatoms. The molecule has 0 atom stereocenters. The standard InChI is InChI=1S/C15H20N6O2/c1-2-12(22)20-7-15(8-20)9-21(10-15)14-17-11-16-13(18-14)19-3-5-23-6-4-19/h2,11H,1,3-10H2. The fourth-order valence-electron chi connectivity index (χ4n) is 3.50. The summed E-state index contributed by atoms with van der Waals surface area (Å²) in [7, 11) is 0. The summed E-state index contributed by atoms with van der Waals surface area (Å²) < 4.78 is 5.36. The molecule has 3 fully saturated rings. The molecule has 23 heavy (non-hydrogen) atoms. The molecule has 1 spiro atoms. The molecular formula is C15H20N6O2. The van der Waals surface area contributed by atoms with Crippen molar-refractivity contribution in [3.8, 4) is 0 Å². The second-order valence-electron chi connectivity index (χ2n) is 6.44. The molecule has 0 aromatic carbocycles. The first kappa shape index (κ1) is 14.4. The topological polar surface area (TPSA) is 74.7 Å². The van der Waals surface area contributed by atoms with Crippen molar-refractivity contribution in [2.24, 2.45) is 5.41 Å². The van der Waals surface area contributed by atoms with Crippen molar-refractivity contribution in [2.45, 2.75) is 0 Å². The lowest BCUT2D eigenvalue weighted by Crippen LogP contribution is -2.73. The minimum atomic E-state index is 0.0174. The van der Waals surface area contributed by atoms with Gasteiger partial charge in [0.05, 0.1) is 13.2 Å². The average Bonchev–Trinajstić information content (AvgIpc) is 2.53. The lowest BCUT2D eigenvalue weighted by molar-refractivity contribution is -0.139. The average molecular weight is 316 g/mol. The lowest BCUT2D eigenvalue weighted by atomic mass is 9.73. The summed E-state index contributed by atoms with van der Waals surface area (Å²) in [5.41, 5.74) is 0.213. The Kier molecular flexibility index (Phi) is 3.41. The first-order chi connectivity index (χ1) is 11.2. The van der Waals surface area contributed by atoms with Crippen LogP contribution >= 0.6 is 0 Å². The summed E-state index contributed by atoms with van der Waals surface area (Å²) in [5, 5.41) is 0. The zero-order valence-electron chi connectivity index (χ0n) is 13.0. The van der Waals surface area contributed by atoms with E-state index < -0.39 is 0 Å². The highest BCUT2D eigenvalue weighted by molar-refractivity contribution is 5.87.